The number of rotatable bonds is 4. The average molecular weight is 344 g/mol. The smallest absolute Gasteiger partial charge is 0.320 e. The summed E-state index contributed by atoms with van der Waals surface area (Å²) in [6.45, 7) is 0.455. The fourth-order valence-electron chi connectivity index (χ4n) is 4.34. The molecule has 5 nitrogen and oxygen atoms in total. The van der Waals surface area contributed by atoms with Crippen molar-refractivity contribution in [1.29, 1.82) is 0 Å². The van der Waals surface area contributed by atoms with E-state index in [1.54, 1.807) is 18.4 Å². The molecule has 4 rings (SSSR count). The van der Waals surface area contributed by atoms with Crippen LogP contribution in [0.4, 0.5) is 4.39 Å². The minimum atomic E-state index is -0.761. The van der Waals surface area contributed by atoms with Gasteiger partial charge in [0.05, 0.1) is 5.69 Å². The van der Waals surface area contributed by atoms with Gasteiger partial charge >= 0.3 is 5.97 Å². The fraction of sp³-hybridized carbons (Fsp3) is 0.474. The van der Waals surface area contributed by atoms with Crippen LogP contribution in [-0.4, -0.2) is 33.0 Å². The lowest BCUT2D eigenvalue weighted by molar-refractivity contribution is -0.142. The van der Waals surface area contributed by atoms with Crippen LogP contribution in [0, 0.1) is 11.7 Å². The zero-order valence-corrected chi connectivity index (χ0v) is 13.9. The van der Waals surface area contributed by atoms with Crippen LogP contribution in [0.1, 0.15) is 37.8 Å². The molecule has 0 amide bonds. The van der Waals surface area contributed by atoms with Crippen LogP contribution in [0.3, 0.4) is 0 Å². The fourth-order valence-corrected chi connectivity index (χ4v) is 4.34. The minimum Gasteiger partial charge on any atom is -0.480 e. The molecule has 1 saturated carbocycles. The van der Waals surface area contributed by atoms with Crippen LogP contribution in [-0.2, 0) is 11.3 Å². The summed E-state index contributed by atoms with van der Waals surface area (Å²) in [4.78, 5) is 18.2. The van der Waals surface area contributed by atoms with Crippen LogP contribution in [0.15, 0.2) is 34.9 Å². The maximum absolute atomic E-state index is 13.4. The highest BCUT2D eigenvalue weighted by atomic mass is 19.1. The molecule has 2 aromatic rings. The molecule has 0 spiro atoms. The number of aliphatic carboxylic acids is 1. The molecule has 6 heteroatoms. The molecule has 1 aromatic heterocycles. The van der Waals surface area contributed by atoms with Crippen LogP contribution in [0.5, 0.6) is 0 Å². The van der Waals surface area contributed by atoms with Crippen LogP contribution < -0.4 is 0 Å². The van der Waals surface area contributed by atoms with Gasteiger partial charge in [-0.15, -0.1) is 0 Å². The van der Waals surface area contributed by atoms with Crippen molar-refractivity contribution in [3.8, 4) is 11.5 Å². The number of aromatic nitrogens is 1. The summed E-state index contributed by atoms with van der Waals surface area (Å²) >= 11 is 0. The normalized spacial score (nSPS) is 26.5. The summed E-state index contributed by atoms with van der Waals surface area (Å²) in [7, 11) is 0. The second-order valence-electron chi connectivity index (χ2n) is 7.03. The molecule has 1 aliphatic heterocycles. The van der Waals surface area contributed by atoms with Gasteiger partial charge in [-0.1, -0.05) is 18.9 Å². The lowest BCUT2D eigenvalue weighted by Crippen LogP contribution is -2.41. The Bertz CT molecular complexity index is 776. The monoisotopic (exact) mass is 344 g/mol. The van der Waals surface area contributed by atoms with E-state index in [0.717, 1.165) is 19.3 Å². The Labute approximate surface area is 145 Å². The first-order chi connectivity index (χ1) is 12.1. The molecule has 1 aromatic carbocycles. The van der Waals surface area contributed by atoms with Gasteiger partial charge < -0.3 is 9.52 Å². The van der Waals surface area contributed by atoms with E-state index in [1.165, 1.54) is 18.6 Å². The number of nitrogens with zero attached hydrogens (tertiary/aromatic N) is 2. The van der Waals surface area contributed by atoms with Crippen molar-refractivity contribution in [3.05, 3.63) is 42.0 Å². The zero-order chi connectivity index (χ0) is 17.4. The molecule has 1 N–H and O–H groups in total. The van der Waals surface area contributed by atoms with E-state index in [4.69, 9.17) is 4.42 Å². The second kappa shape index (κ2) is 6.59. The number of carboxylic acids is 1. The first-order valence-corrected chi connectivity index (χ1v) is 8.80. The molecule has 0 unspecified atom stereocenters. The van der Waals surface area contributed by atoms with Gasteiger partial charge in [-0.05, 0) is 43.4 Å². The third-order valence-electron chi connectivity index (χ3n) is 5.47. The number of halogens is 1. The predicted molar refractivity (Wildman–Crippen MR) is 89.2 cm³/mol. The number of carboxylic acid groups (broad SMARTS) is 1. The minimum absolute atomic E-state index is 0.309. The number of hydrogen-bond donors (Lipinski definition) is 1. The summed E-state index contributed by atoms with van der Waals surface area (Å²) in [6.07, 6.45) is 6.76. The number of fused-ring (bicyclic) bond motifs is 1. The Morgan fingerprint density at radius 1 is 1.36 bits per heavy atom. The van der Waals surface area contributed by atoms with Crippen molar-refractivity contribution in [1.82, 2.24) is 9.88 Å². The Balaban J connectivity index is 1.55. The molecule has 0 radical (unpaired) electrons. The van der Waals surface area contributed by atoms with Gasteiger partial charge in [0, 0.05) is 18.2 Å². The SMILES string of the molecule is O=C(O)[C@@H]1C[C@@H]2CCCC[C@@H]2N1Cc1coc(-c2cccc(F)c2)n1. The molecular weight excluding hydrogens is 323 g/mol. The number of oxazole rings is 1. The molecular formula is C19H21FN2O3. The lowest BCUT2D eigenvalue weighted by atomic mass is 9.85. The van der Waals surface area contributed by atoms with Crippen LogP contribution >= 0.6 is 0 Å². The number of likely N-dealkylation sites (tertiary alicyclic amines) is 1. The van der Waals surface area contributed by atoms with Gasteiger partial charge in [0.2, 0.25) is 5.89 Å². The number of carbonyl (C=O) groups is 1. The Morgan fingerprint density at radius 2 is 2.20 bits per heavy atom. The summed E-state index contributed by atoms with van der Waals surface area (Å²) in [5, 5.41) is 9.60. The second-order valence-corrected chi connectivity index (χ2v) is 7.03. The third kappa shape index (κ3) is 3.18. The average Bonchev–Trinajstić information content (AvgIpc) is 3.21. The van der Waals surface area contributed by atoms with Crippen LogP contribution in [0.25, 0.3) is 11.5 Å². The standard InChI is InChI=1S/C19H21FN2O3/c20-14-6-3-5-13(8-14)18-21-15(11-25-18)10-22-16-7-2-1-4-12(16)9-17(22)19(23)24/h3,5-6,8,11-12,16-17H,1-2,4,7,9-10H2,(H,23,24)/t12-,16-,17-/m0/s1. The van der Waals surface area contributed by atoms with E-state index in [2.05, 4.69) is 9.88 Å². The molecule has 1 saturated heterocycles. The van der Waals surface area contributed by atoms with E-state index in [9.17, 15) is 14.3 Å². The van der Waals surface area contributed by atoms with E-state index in [-0.39, 0.29) is 5.82 Å². The largest absolute Gasteiger partial charge is 0.480 e. The van der Waals surface area contributed by atoms with Gasteiger partial charge in [0.1, 0.15) is 18.1 Å². The highest BCUT2D eigenvalue weighted by molar-refractivity contribution is 5.74. The van der Waals surface area contributed by atoms with Crippen LogP contribution in [0.2, 0.25) is 0 Å². The Kier molecular flexibility index (Phi) is 4.29. The molecule has 0 bridgehead atoms. The predicted octanol–water partition coefficient (Wildman–Crippen LogP) is 3.70. The molecule has 2 fully saturated rings. The maximum Gasteiger partial charge on any atom is 0.320 e. The van der Waals surface area contributed by atoms with Crippen molar-refractivity contribution in [2.45, 2.75) is 50.7 Å². The van der Waals surface area contributed by atoms with Gasteiger partial charge in [-0.25, -0.2) is 9.37 Å². The lowest BCUT2D eigenvalue weighted by Gasteiger charge is -2.32. The Morgan fingerprint density at radius 3 is 3.00 bits per heavy atom. The molecule has 2 aliphatic rings. The van der Waals surface area contributed by atoms with Gasteiger partial charge in [0.15, 0.2) is 0 Å². The maximum atomic E-state index is 13.4. The Hall–Kier alpha value is -2.21. The van der Waals surface area contributed by atoms with Crippen molar-refractivity contribution < 1.29 is 18.7 Å². The van der Waals surface area contributed by atoms with Crippen molar-refractivity contribution in [2.75, 3.05) is 0 Å². The van der Waals surface area contributed by atoms with Crippen molar-refractivity contribution in [2.24, 2.45) is 5.92 Å². The van der Waals surface area contributed by atoms with E-state index < -0.39 is 12.0 Å². The highest BCUT2D eigenvalue weighted by Gasteiger charge is 2.45. The van der Waals surface area contributed by atoms with E-state index in [1.807, 2.05) is 0 Å². The summed E-state index contributed by atoms with van der Waals surface area (Å²) < 4.78 is 18.9. The van der Waals surface area contributed by atoms with Crippen molar-refractivity contribution >= 4 is 5.97 Å². The topological polar surface area (TPSA) is 66.6 Å². The highest BCUT2D eigenvalue weighted by Crippen LogP contribution is 2.40. The number of hydrogen-bond acceptors (Lipinski definition) is 4. The number of benzene rings is 1. The van der Waals surface area contributed by atoms with Gasteiger partial charge in [0.25, 0.3) is 0 Å². The van der Waals surface area contributed by atoms with E-state index in [0.29, 0.717) is 42.1 Å². The molecule has 1 aliphatic carbocycles. The summed E-state index contributed by atoms with van der Waals surface area (Å²) in [5.41, 5.74) is 1.27. The zero-order valence-electron chi connectivity index (χ0n) is 13.9. The molecule has 3 atom stereocenters. The molecule has 2 heterocycles. The molecule has 132 valence electrons. The third-order valence-corrected chi connectivity index (χ3v) is 5.47. The first-order valence-electron chi connectivity index (χ1n) is 8.80. The summed E-state index contributed by atoms with van der Waals surface area (Å²) in [6, 6.07) is 5.96. The van der Waals surface area contributed by atoms with Crippen molar-refractivity contribution in [3.63, 3.8) is 0 Å². The van der Waals surface area contributed by atoms with E-state index >= 15 is 0 Å². The summed E-state index contributed by atoms with van der Waals surface area (Å²) in [5.74, 6) is -0.277. The first kappa shape index (κ1) is 16.3. The van der Waals surface area contributed by atoms with Gasteiger partial charge in [-0.3, -0.25) is 9.69 Å². The molecule has 25 heavy (non-hydrogen) atoms. The quantitative estimate of drug-likeness (QED) is 0.916. The van der Waals surface area contributed by atoms with Gasteiger partial charge in [-0.2, -0.15) is 0 Å².